The molecule has 1 heterocycles. The molecule has 0 amide bonds. The van der Waals surface area contributed by atoms with Gasteiger partial charge in [0.2, 0.25) is 0 Å². The summed E-state index contributed by atoms with van der Waals surface area (Å²) in [6.45, 7) is 4.00. The smallest absolute Gasteiger partial charge is 0.469 e. The molecular formula is C20H22FKN4. The Morgan fingerprint density at radius 1 is 1.04 bits per heavy atom. The number of hydrogen-bond acceptors (Lipinski definition) is 2. The van der Waals surface area contributed by atoms with Gasteiger partial charge in [0.15, 0.2) is 0 Å². The predicted octanol–water partition coefficient (Wildman–Crippen LogP) is 2.48. The largest absolute Gasteiger partial charge is 1.00 e. The van der Waals surface area contributed by atoms with E-state index in [0.717, 1.165) is 11.3 Å². The monoisotopic (exact) mass is 376 g/mol. The van der Waals surface area contributed by atoms with Crippen molar-refractivity contribution in [2.75, 3.05) is 12.8 Å². The normalized spacial score (nSPS) is 9.54. The van der Waals surface area contributed by atoms with Gasteiger partial charge in [-0.15, -0.1) is 0 Å². The van der Waals surface area contributed by atoms with Gasteiger partial charge in [0.25, 0.3) is 0 Å². The number of halogens is 1. The molecule has 130 valence electrons. The van der Waals surface area contributed by atoms with Crippen LogP contribution in [0.2, 0.25) is 0 Å². The van der Waals surface area contributed by atoms with Gasteiger partial charge in [0, 0.05) is 11.3 Å². The number of aromatic nitrogens is 1. The Balaban J connectivity index is 0.00000109. The van der Waals surface area contributed by atoms with Gasteiger partial charge in [-0.2, -0.15) is 0 Å². The van der Waals surface area contributed by atoms with Crippen molar-refractivity contribution < 1.29 is 55.8 Å². The van der Waals surface area contributed by atoms with Crippen LogP contribution in [0.1, 0.15) is 25.0 Å². The summed E-state index contributed by atoms with van der Waals surface area (Å²) < 4.78 is 13.1. The van der Waals surface area contributed by atoms with Crippen LogP contribution in [-0.4, -0.2) is 17.7 Å². The molecule has 0 saturated carbocycles. The molecule has 0 bridgehead atoms. The molecule has 0 aliphatic rings. The number of aromatic amines is 1. The standard InChI is InChI=1S/C18H16FN4.C2H6.K/c1-22-18-15(17(21)12-2-6-13(19)7-3-12)10-16(23-18)11-4-8-14(20)9-5-11;1-2;/h2-10,21,23H,20H2,1H3;1-2H3;/q-1;;+1. The molecule has 0 unspecified atom stereocenters. The number of nitrogens with zero attached hydrogens (tertiary/aromatic N) is 1. The van der Waals surface area contributed by atoms with Crippen molar-refractivity contribution >= 4 is 17.2 Å². The molecule has 0 radical (unpaired) electrons. The average molecular weight is 377 g/mol. The molecule has 0 spiro atoms. The van der Waals surface area contributed by atoms with E-state index in [0.29, 0.717) is 28.3 Å². The molecule has 4 nitrogen and oxygen atoms in total. The number of H-pyrrole nitrogens is 1. The van der Waals surface area contributed by atoms with E-state index in [1.807, 2.05) is 44.2 Å². The van der Waals surface area contributed by atoms with Crippen molar-refractivity contribution in [2.24, 2.45) is 0 Å². The maximum absolute atomic E-state index is 13.1. The van der Waals surface area contributed by atoms with Crippen LogP contribution in [0.3, 0.4) is 0 Å². The van der Waals surface area contributed by atoms with Gasteiger partial charge < -0.3 is 16.0 Å². The molecule has 0 aliphatic carbocycles. The first-order valence-electron chi connectivity index (χ1n) is 8.12. The van der Waals surface area contributed by atoms with E-state index in [1.54, 1.807) is 19.2 Å². The van der Waals surface area contributed by atoms with Crippen LogP contribution in [0.25, 0.3) is 16.6 Å². The first-order valence-corrected chi connectivity index (χ1v) is 8.12. The first-order chi connectivity index (χ1) is 12.1. The topological polar surface area (TPSA) is 79.8 Å². The summed E-state index contributed by atoms with van der Waals surface area (Å²) in [5.41, 5.74) is 9.82. The van der Waals surface area contributed by atoms with Crippen molar-refractivity contribution in [1.29, 1.82) is 5.41 Å². The van der Waals surface area contributed by atoms with Gasteiger partial charge in [-0.25, -0.2) is 4.39 Å². The summed E-state index contributed by atoms with van der Waals surface area (Å²) in [6, 6.07) is 15.2. The number of benzene rings is 2. The number of rotatable bonds is 4. The molecule has 2 aromatic carbocycles. The second kappa shape index (κ2) is 10.6. The van der Waals surface area contributed by atoms with Crippen molar-refractivity contribution in [3.05, 3.63) is 76.9 Å². The van der Waals surface area contributed by atoms with Crippen molar-refractivity contribution in [2.45, 2.75) is 13.8 Å². The van der Waals surface area contributed by atoms with Crippen LogP contribution in [0.5, 0.6) is 0 Å². The van der Waals surface area contributed by atoms with Gasteiger partial charge in [-0.1, -0.05) is 38.8 Å². The number of hydrogen-bond donors (Lipinski definition) is 3. The third-order valence-corrected chi connectivity index (χ3v) is 3.64. The quantitative estimate of drug-likeness (QED) is 0.365. The Bertz CT molecular complexity index is 839. The zero-order valence-electron chi connectivity index (χ0n) is 15.6. The molecule has 0 fully saturated rings. The molecule has 3 aromatic rings. The molecule has 0 saturated heterocycles. The van der Waals surface area contributed by atoms with E-state index in [-0.39, 0.29) is 57.2 Å². The van der Waals surface area contributed by atoms with Crippen LogP contribution >= 0.6 is 0 Å². The van der Waals surface area contributed by atoms with Crippen molar-refractivity contribution in [3.8, 4) is 11.3 Å². The second-order valence-electron chi connectivity index (χ2n) is 5.17. The second-order valence-corrected chi connectivity index (χ2v) is 5.17. The van der Waals surface area contributed by atoms with Crippen LogP contribution in [0.15, 0.2) is 54.6 Å². The number of anilines is 1. The van der Waals surface area contributed by atoms with Crippen molar-refractivity contribution in [3.63, 3.8) is 0 Å². The van der Waals surface area contributed by atoms with E-state index < -0.39 is 0 Å². The van der Waals surface area contributed by atoms with Crippen LogP contribution in [0.4, 0.5) is 15.9 Å². The van der Waals surface area contributed by atoms with Crippen molar-refractivity contribution in [1.82, 2.24) is 4.98 Å². The van der Waals surface area contributed by atoms with Crippen LogP contribution < -0.4 is 57.1 Å². The Kier molecular flexibility index (Phi) is 9.25. The van der Waals surface area contributed by atoms with E-state index in [9.17, 15) is 4.39 Å². The summed E-state index contributed by atoms with van der Waals surface area (Å²) in [5.74, 6) is 0.296. The third kappa shape index (κ3) is 5.28. The molecule has 26 heavy (non-hydrogen) atoms. The zero-order chi connectivity index (χ0) is 18.4. The number of nitrogen functional groups attached to an aromatic ring is 1. The number of nitrogens with two attached hydrogens (primary N) is 1. The Morgan fingerprint density at radius 3 is 2.15 bits per heavy atom. The number of nitrogens with one attached hydrogen (secondary N) is 2. The maximum atomic E-state index is 13.1. The maximum Gasteiger partial charge on any atom is 1.00 e. The Labute approximate surface area is 196 Å². The molecule has 0 aliphatic heterocycles. The summed E-state index contributed by atoms with van der Waals surface area (Å²) in [7, 11) is 1.67. The minimum Gasteiger partial charge on any atom is -0.469 e. The minimum atomic E-state index is -0.321. The Morgan fingerprint density at radius 2 is 1.62 bits per heavy atom. The molecular weight excluding hydrogens is 354 g/mol. The van der Waals surface area contributed by atoms with E-state index in [2.05, 4.69) is 10.3 Å². The summed E-state index contributed by atoms with van der Waals surface area (Å²) >= 11 is 0. The SMILES string of the molecule is CC.C[N-]c1[nH]c(-c2ccc(N)cc2)cc1C(=N)c1ccc(F)cc1.[K+]. The van der Waals surface area contributed by atoms with Gasteiger partial charge in [-0.05, 0) is 59.3 Å². The fraction of sp³-hybridized carbons (Fsp3) is 0.150. The van der Waals surface area contributed by atoms with Crippen LogP contribution in [0, 0.1) is 11.2 Å². The van der Waals surface area contributed by atoms with Gasteiger partial charge in [-0.3, -0.25) is 5.41 Å². The van der Waals surface area contributed by atoms with Crippen LogP contribution in [-0.2, 0) is 0 Å². The molecule has 6 heteroatoms. The first kappa shape index (κ1) is 22.6. The van der Waals surface area contributed by atoms with E-state index in [1.165, 1.54) is 12.1 Å². The fourth-order valence-electron chi connectivity index (χ4n) is 2.40. The zero-order valence-corrected chi connectivity index (χ0v) is 18.7. The molecule has 4 N–H and O–H groups in total. The molecule has 3 rings (SSSR count). The minimum absolute atomic E-state index is 0. The third-order valence-electron chi connectivity index (χ3n) is 3.64. The molecule has 0 atom stereocenters. The summed E-state index contributed by atoms with van der Waals surface area (Å²) in [6.07, 6.45) is 0. The Hall–Kier alpha value is -1.44. The van der Waals surface area contributed by atoms with E-state index in [4.69, 9.17) is 11.1 Å². The molecule has 1 aromatic heterocycles. The van der Waals surface area contributed by atoms with Gasteiger partial charge in [0.1, 0.15) is 5.82 Å². The summed E-state index contributed by atoms with van der Waals surface area (Å²) in [5, 5.41) is 12.6. The van der Waals surface area contributed by atoms with Gasteiger partial charge in [0.05, 0.1) is 5.71 Å². The fourth-order valence-corrected chi connectivity index (χ4v) is 2.40. The predicted molar refractivity (Wildman–Crippen MR) is 103 cm³/mol. The summed E-state index contributed by atoms with van der Waals surface area (Å²) in [4.78, 5) is 3.21. The average Bonchev–Trinajstić information content (AvgIpc) is 3.08. The van der Waals surface area contributed by atoms with Gasteiger partial charge >= 0.3 is 51.4 Å². The van der Waals surface area contributed by atoms with E-state index >= 15 is 0 Å².